The van der Waals surface area contributed by atoms with Crippen LogP contribution in [-0.4, -0.2) is 23.0 Å². The van der Waals surface area contributed by atoms with E-state index < -0.39 is 28.9 Å². The lowest BCUT2D eigenvalue weighted by molar-refractivity contribution is 0.0601. The van der Waals surface area contributed by atoms with E-state index in [2.05, 4.69) is 14.7 Å². The Bertz CT molecular complexity index is 741. The number of alkyl halides is 2. The first-order valence-electron chi connectivity index (χ1n) is 5.73. The highest BCUT2D eigenvalue weighted by Crippen LogP contribution is 2.35. The van der Waals surface area contributed by atoms with Crippen molar-refractivity contribution < 1.29 is 22.7 Å². The number of methoxy groups -OCH3 is 1. The molecule has 2 rings (SSSR count). The molecule has 0 aliphatic rings. The molecule has 0 amide bonds. The lowest BCUT2D eigenvalue weighted by Gasteiger charge is -2.10. The summed E-state index contributed by atoms with van der Waals surface area (Å²) in [5.41, 5.74) is -1.42. The minimum atomic E-state index is -2.95. The van der Waals surface area contributed by atoms with Gasteiger partial charge in [-0.15, -0.1) is 0 Å². The maximum atomic E-state index is 14.1. The molecule has 0 fully saturated rings. The highest BCUT2D eigenvalue weighted by atomic mass is 35.5. The predicted octanol–water partition coefficient (Wildman–Crippen LogP) is 4.31. The average molecular weight is 351 g/mol. The lowest BCUT2D eigenvalue weighted by Crippen LogP contribution is -2.04. The van der Waals surface area contributed by atoms with Crippen LogP contribution in [0.5, 0.6) is 0 Å². The van der Waals surface area contributed by atoms with Gasteiger partial charge in [-0.25, -0.2) is 27.9 Å². The van der Waals surface area contributed by atoms with E-state index in [1.165, 1.54) is 0 Å². The Labute approximate surface area is 132 Å². The number of hydrogen-bond donors (Lipinski definition) is 0. The van der Waals surface area contributed by atoms with E-state index in [4.69, 9.17) is 23.2 Å². The van der Waals surface area contributed by atoms with E-state index in [1.807, 2.05) is 0 Å². The van der Waals surface area contributed by atoms with Gasteiger partial charge in [0.1, 0.15) is 17.8 Å². The second-order valence-corrected chi connectivity index (χ2v) is 4.81. The smallest absolute Gasteiger partial charge is 0.339 e. The van der Waals surface area contributed by atoms with E-state index in [1.54, 1.807) is 0 Å². The summed E-state index contributed by atoms with van der Waals surface area (Å²) >= 11 is 11.6. The first-order chi connectivity index (χ1) is 10.4. The number of benzene rings is 1. The summed E-state index contributed by atoms with van der Waals surface area (Å²) in [7, 11) is 1.12. The Balaban J connectivity index is 2.68. The van der Waals surface area contributed by atoms with Crippen LogP contribution in [0.25, 0.3) is 11.3 Å². The molecule has 0 aliphatic heterocycles. The van der Waals surface area contributed by atoms with Crippen LogP contribution in [0.3, 0.4) is 0 Å². The zero-order chi connectivity index (χ0) is 16.4. The van der Waals surface area contributed by atoms with Crippen molar-refractivity contribution in [1.82, 2.24) is 9.97 Å². The number of halogens is 5. The largest absolute Gasteiger partial charge is 0.465 e. The van der Waals surface area contributed by atoms with Gasteiger partial charge in [-0.05, 0) is 12.1 Å². The fourth-order valence-corrected chi connectivity index (χ4v) is 2.23. The van der Waals surface area contributed by atoms with Crippen molar-refractivity contribution >= 4 is 29.2 Å². The zero-order valence-corrected chi connectivity index (χ0v) is 12.4. The van der Waals surface area contributed by atoms with E-state index in [9.17, 15) is 18.0 Å². The van der Waals surface area contributed by atoms with Gasteiger partial charge in [0.2, 0.25) is 0 Å². The van der Waals surface area contributed by atoms with Crippen LogP contribution in [0.2, 0.25) is 10.0 Å². The standard InChI is InChI=1S/C13H7Cl2F3N2O2/c1-22-13(21)5-2-6(8(16)3-7(5)14)10-9(15)11(12(17)18)20-4-19-10/h2-4,12H,1H3. The molecule has 22 heavy (non-hydrogen) atoms. The van der Waals surface area contributed by atoms with Crippen molar-refractivity contribution in [2.45, 2.75) is 6.43 Å². The third-order valence-electron chi connectivity index (χ3n) is 2.74. The van der Waals surface area contributed by atoms with E-state index >= 15 is 0 Å². The maximum Gasteiger partial charge on any atom is 0.339 e. The fraction of sp³-hybridized carbons (Fsp3) is 0.154. The van der Waals surface area contributed by atoms with Crippen molar-refractivity contribution in [3.63, 3.8) is 0 Å². The van der Waals surface area contributed by atoms with Crippen LogP contribution in [0.4, 0.5) is 13.2 Å². The fourth-order valence-electron chi connectivity index (χ4n) is 1.72. The summed E-state index contributed by atoms with van der Waals surface area (Å²) in [6.45, 7) is 0. The zero-order valence-electron chi connectivity index (χ0n) is 10.9. The maximum absolute atomic E-state index is 14.1. The summed E-state index contributed by atoms with van der Waals surface area (Å²) in [6.07, 6.45) is -2.13. The molecule has 0 aliphatic carbocycles. The second kappa shape index (κ2) is 6.50. The minimum absolute atomic E-state index is 0.145. The Morgan fingerprint density at radius 2 is 1.95 bits per heavy atom. The Kier molecular flexibility index (Phi) is 4.87. The molecule has 0 atom stereocenters. The van der Waals surface area contributed by atoms with Crippen LogP contribution >= 0.6 is 23.2 Å². The second-order valence-electron chi connectivity index (χ2n) is 4.03. The molecule has 1 aromatic heterocycles. The molecule has 0 saturated heterocycles. The number of esters is 1. The van der Waals surface area contributed by atoms with Gasteiger partial charge in [0, 0.05) is 5.56 Å². The summed E-state index contributed by atoms with van der Waals surface area (Å²) in [5, 5.41) is -0.693. The number of ether oxygens (including phenoxy) is 1. The molecule has 0 bridgehead atoms. The van der Waals surface area contributed by atoms with Gasteiger partial charge in [-0.3, -0.25) is 0 Å². The van der Waals surface area contributed by atoms with Gasteiger partial charge < -0.3 is 4.74 Å². The third-order valence-corrected chi connectivity index (χ3v) is 3.43. The SMILES string of the molecule is COC(=O)c1cc(-c2ncnc(C(F)F)c2Cl)c(F)cc1Cl. The quantitative estimate of drug-likeness (QED) is 0.773. The minimum Gasteiger partial charge on any atom is -0.465 e. The first kappa shape index (κ1) is 16.5. The monoisotopic (exact) mass is 350 g/mol. The molecule has 0 spiro atoms. The van der Waals surface area contributed by atoms with E-state index in [0.29, 0.717) is 0 Å². The molecule has 9 heteroatoms. The van der Waals surface area contributed by atoms with Crippen LogP contribution < -0.4 is 0 Å². The van der Waals surface area contributed by atoms with Crippen LogP contribution in [-0.2, 0) is 4.74 Å². The van der Waals surface area contributed by atoms with Gasteiger partial charge in [-0.2, -0.15) is 0 Å². The van der Waals surface area contributed by atoms with Crippen LogP contribution in [0.15, 0.2) is 18.5 Å². The third kappa shape index (κ3) is 3.00. The number of hydrogen-bond acceptors (Lipinski definition) is 4. The van der Waals surface area contributed by atoms with Crippen molar-refractivity contribution in [3.8, 4) is 11.3 Å². The molecule has 0 saturated carbocycles. The number of nitrogens with zero attached hydrogens (tertiary/aromatic N) is 2. The molecule has 2 aromatic rings. The van der Waals surface area contributed by atoms with Gasteiger partial charge >= 0.3 is 5.97 Å². The number of rotatable bonds is 3. The molecule has 1 aromatic carbocycles. The van der Waals surface area contributed by atoms with Gasteiger partial charge in [0.25, 0.3) is 6.43 Å². The Hall–Kier alpha value is -1.86. The molecular weight excluding hydrogens is 344 g/mol. The summed E-state index contributed by atoms with van der Waals surface area (Å²) in [6, 6.07) is 1.89. The lowest BCUT2D eigenvalue weighted by atomic mass is 10.1. The van der Waals surface area contributed by atoms with Crippen molar-refractivity contribution in [1.29, 1.82) is 0 Å². The predicted molar refractivity (Wildman–Crippen MR) is 73.7 cm³/mol. The molecular formula is C13H7Cl2F3N2O2. The Morgan fingerprint density at radius 1 is 1.27 bits per heavy atom. The van der Waals surface area contributed by atoms with Crippen molar-refractivity contribution in [2.24, 2.45) is 0 Å². The molecule has 1 heterocycles. The molecule has 0 N–H and O–H groups in total. The first-order valence-corrected chi connectivity index (χ1v) is 6.48. The number of aromatic nitrogens is 2. The topological polar surface area (TPSA) is 52.1 Å². The van der Waals surface area contributed by atoms with Crippen LogP contribution in [0, 0.1) is 5.82 Å². The van der Waals surface area contributed by atoms with E-state index in [-0.39, 0.29) is 21.8 Å². The van der Waals surface area contributed by atoms with Crippen molar-refractivity contribution in [3.05, 3.63) is 45.6 Å². The number of carbonyl (C=O) groups excluding carboxylic acids is 1. The summed E-state index contributed by atoms with van der Waals surface area (Å²) in [4.78, 5) is 18.6. The highest BCUT2D eigenvalue weighted by Gasteiger charge is 2.22. The normalized spacial score (nSPS) is 10.9. The van der Waals surface area contributed by atoms with Gasteiger partial charge in [0.05, 0.1) is 28.4 Å². The highest BCUT2D eigenvalue weighted by molar-refractivity contribution is 6.34. The summed E-state index contributed by atoms with van der Waals surface area (Å²) in [5.74, 6) is -1.69. The van der Waals surface area contributed by atoms with Gasteiger partial charge in [0.15, 0.2) is 0 Å². The molecule has 116 valence electrons. The van der Waals surface area contributed by atoms with Crippen molar-refractivity contribution in [2.75, 3.05) is 7.11 Å². The molecule has 4 nitrogen and oxygen atoms in total. The van der Waals surface area contributed by atoms with Crippen LogP contribution in [0.1, 0.15) is 22.5 Å². The average Bonchev–Trinajstić information content (AvgIpc) is 2.47. The number of carbonyl (C=O) groups is 1. The van der Waals surface area contributed by atoms with Gasteiger partial charge in [-0.1, -0.05) is 23.2 Å². The summed E-state index contributed by atoms with van der Waals surface area (Å²) < 4.78 is 44.1. The van der Waals surface area contributed by atoms with E-state index in [0.717, 1.165) is 25.6 Å². The molecule has 0 radical (unpaired) electrons. The Morgan fingerprint density at radius 3 is 2.55 bits per heavy atom. The molecule has 0 unspecified atom stereocenters.